The molecule has 0 atom stereocenters. The molecule has 0 amide bonds. The van der Waals surface area contributed by atoms with Gasteiger partial charge in [-0.05, 0) is 62.2 Å². The molecule has 116 valence electrons. The molecule has 0 rings (SSSR count). The van der Waals surface area contributed by atoms with E-state index in [4.69, 9.17) is 15.6 Å². The molecular formula is C14H36N2OSi2. The number of nitrogens with two attached hydrogens (primary N) is 2. The van der Waals surface area contributed by atoms with Gasteiger partial charge >= 0.3 is 0 Å². The molecule has 0 aromatic carbocycles. The van der Waals surface area contributed by atoms with Crippen LogP contribution in [-0.2, 0) is 4.12 Å². The first-order valence-corrected chi connectivity index (χ1v) is 13.2. The van der Waals surface area contributed by atoms with E-state index in [2.05, 4.69) is 27.7 Å². The molecule has 0 aliphatic carbocycles. The van der Waals surface area contributed by atoms with Gasteiger partial charge in [0.15, 0.2) is 16.6 Å². The third-order valence-electron chi connectivity index (χ3n) is 4.68. The van der Waals surface area contributed by atoms with Crippen LogP contribution in [-0.4, -0.2) is 29.7 Å². The monoisotopic (exact) mass is 304 g/mol. The third-order valence-corrected chi connectivity index (χ3v) is 15.8. The zero-order valence-corrected chi connectivity index (χ0v) is 15.6. The Morgan fingerprint density at radius 2 is 1.00 bits per heavy atom. The summed E-state index contributed by atoms with van der Waals surface area (Å²) >= 11 is 0. The lowest BCUT2D eigenvalue weighted by atomic mass is 10.5. The van der Waals surface area contributed by atoms with E-state index in [9.17, 15) is 0 Å². The van der Waals surface area contributed by atoms with Gasteiger partial charge < -0.3 is 15.6 Å². The molecule has 0 aliphatic rings. The van der Waals surface area contributed by atoms with E-state index in [1.54, 1.807) is 0 Å². The summed E-state index contributed by atoms with van der Waals surface area (Å²) in [6.07, 6.45) is 2.26. The van der Waals surface area contributed by atoms with Crippen molar-refractivity contribution in [1.82, 2.24) is 0 Å². The van der Waals surface area contributed by atoms with Crippen LogP contribution in [0.2, 0.25) is 36.3 Å². The fourth-order valence-corrected chi connectivity index (χ4v) is 13.8. The Morgan fingerprint density at radius 1 is 0.684 bits per heavy atom. The summed E-state index contributed by atoms with van der Waals surface area (Å²) < 4.78 is 6.99. The van der Waals surface area contributed by atoms with Crippen LogP contribution >= 0.6 is 0 Å². The van der Waals surface area contributed by atoms with Crippen LogP contribution < -0.4 is 11.5 Å². The minimum Gasteiger partial charge on any atom is -0.455 e. The van der Waals surface area contributed by atoms with Crippen LogP contribution in [0.1, 0.15) is 40.5 Å². The van der Waals surface area contributed by atoms with Crippen molar-refractivity contribution in [3.63, 3.8) is 0 Å². The molecule has 0 aromatic rings. The Bertz CT molecular complexity index is 197. The predicted octanol–water partition coefficient (Wildman–Crippen LogP) is 3.67. The summed E-state index contributed by atoms with van der Waals surface area (Å²) in [5.41, 5.74) is 11.4. The maximum absolute atomic E-state index is 6.99. The number of rotatable bonds is 12. The van der Waals surface area contributed by atoms with Gasteiger partial charge in [-0.15, -0.1) is 0 Å². The largest absolute Gasteiger partial charge is 0.455 e. The molecule has 4 N–H and O–H groups in total. The van der Waals surface area contributed by atoms with E-state index in [0.717, 1.165) is 25.9 Å². The SMILES string of the molecule is CC[Si](CC)(CCCN)O[Si](CC)(CC)CCCN. The molecule has 0 aromatic heterocycles. The minimum absolute atomic E-state index is 0.799. The molecule has 0 saturated carbocycles. The van der Waals surface area contributed by atoms with Crippen LogP contribution in [0.25, 0.3) is 0 Å². The highest BCUT2D eigenvalue weighted by atomic mass is 28.4. The summed E-state index contributed by atoms with van der Waals surface area (Å²) in [6.45, 7) is 10.9. The van der Waals surface area contributed by atoms with Gasteiger partial charge in [0.05, 0.1) is 0 Å². The van der Waals surface area contributed by atoms with E-state index in [0.29, 0.717) is 0 Å². The molecule has 0 bridgehead atoms. The van der Waals surface area contributed by atoms with E-state index >= 15 is 0 Å². The summed E-state index contributed by atoms with van der Waals surface area (Å²) in [4.78, 5) is 0. The first-order valence-electron chi connectivity index (χ1n) is 8.17. The predicted molar refractivity (Wildman–Crippen MR) is 91.5 cm³/mol. The Hall–Kier alpha value is 0.314. The molecule has 19 heavy (non-hydrogen) atoms. The second-order valence-electron chi connectivity index (χ2n) is 5.67. The Kier molecular flexibility index (Phi) is 10.3. The van der Waals surface area contributed by atoms with Gasteiger partial charge in [0.2, 0.25) is 0 Å². The van der Waals surface area contributed by atoms with Gasteiger partial charge in [-0.25, -0.2) is 0 Å². The molecule has 0 radical (unpaired) electrons. The summed E-state index contributed by atoms with van der Waals surface area (Å²) in [7, 11) is -3.10. The van der Waals surface area contributed by atoms with Crippen molar-refractivity contribution in [3.05, 3.63) is 0 Å². The zero-order chi connectivity index (χ0) is 14.8. The number of hydrogen-bond donors (Lipinski definition) is 2. The fourth-order valence-electron chi connectivity index (χ4n) is 2.91. The van der Waals surface area contributed by atoms with Gasteiger partial charge in [0.25, 0.3) is 0 Å². The first-order chi connectivity index (χ1) is 9.07. The lowest BCUT2D eigenvalue weighted by molar-refractivity contribution is 0.499. The van der Waals surface area contributed by atoms with E-state index in [1.807, 2.05) is 0 Å². The van der Waals surface area contributed by atoms with Crippen molar-refractivity contribution in [2.45, 2.75) is 76.8 Å². The molecule has 0 fully saturated rings. The third kappa shape index (κ3) is 6.08. The molecule has 0 aliphatic heterocycles. The van der Waals surface area contributed by atoms with Gasteiger partial charge in [0.1, 0.15) is 0 Å². The van der Waals surface area contributed by atoms with Gasteiger partial charge in [-0.3, -0.25) is 0 Å². The Balaban J connectivity index is 4.90. The summed E-state index contributed by atoms with van der Waals surface area (Å²) in [5.74, 6) is 0. The second-order valence-corrected chi connectivity index (χ2v) is 15.0. The van der Waals surface area contributed by atoms with E-state index in [-0.39, 0.29) is 0 Å². The van der Waals surface area contributed by atoms with E-state index < -0.39 is 16.6 Å². The maximum Gasteiger partial charge on any atom is 0.179 e. The topological polar surface area (TPSA) is 61.3 Å². The molecule has 5 heteroatoms. The second kappa shape index (κ2) is 10.1. The normalized spacial score (nSPS) is 12.9. The van der Waals surface area contributed by atoms with Crippen LogP contribution in [0.15, 0.2) is 0 Å². The van der Waals surface area contributed by atoms with Gasteiger partial charge in [0, 0.05) is 0 Å². The fraction of sp³-hybridized carbons (Fsp3) is 1.00. The van der Waals surface area contributed by atoms with Crippen molar-refractivity contribution in [2.75, 3.05) is 13.1 Å². The Morgan fingerprint density at radius 3 is 1.21 bits per heavy atom. The molecule has 0 heterocycles. The Labute approximate surface area is 122 Å². The lowest BCUT2D eigenvalue weighted by Crippen LogP contribution is -2.50. The number of hydrogen-bond acceptors (Lipinski definition) is 3. The van der Waals surface area contributed by atoms with Crippen LogP contribution in [0.4, 0.5) is 0 Å². The highest BCUT2D eigenvalue weighted by Crippen LogP contribution is 2.33. The van der Waals surface area contributed by atoms with Crippen molar-refractivity contribution in [1.29, 1.82) is 0 Å². The minimum atomic E-state index is -1.55. The molecule has 0 spiro atoms. The average Bonchev–Trinajstić information content (AvgIpc) is 2.48. The molecule has 0 saturated heterocycles. The average molecular weight is 305 g/mol. The highest BCUT2D eigenvalue weighted by Gasteiger charge is 2.40. The first kappa shape index (κ1) is 19.3. The van der Waals surface area contributed by atoms with Gasteiger partial charge in [-0.2, -0.15) is 0 Å². The van der Waals surface area contributed by atoms with Crippen molar-refractivity contribution in [3.8, 4) is 0 Å². The van der Waals surface area contributed by atoms with Crippen molar-refractivity contribution < 1.29 is 4.12 Å². The van der Waals surface area contributed by atoms with E-state index in [1.165, 1.54) is 36.3 Å². The summed E-state index contributed by atoms with van der Waals surface area (Å²) in [5, 5.41) is 0. The maximum atomic E-state index is 6.99. The van der Waals surface area contributed by atoms with Gasteiger partial charge in [-0.1, -0.05) is 27.7 Å². The lowest BCUT2D eigenvalue weighted by Gasteiger charge is -2.41. The van der Waals surface area contributed by atoms with Crippen molar-refractivity contribution in [2.24, 2.45) is 11.5 Å². The smallest absolute Gasteiger partial charge is 0.179 e. The van der Waals surface area contributed by atoms with Crippen LogP contribution in [0, 0.1) is 0 Å². The zero-order valence-electron chi connectivity index (χ0n) is 13.6. The molecule has 0 unspecified atom stereocenters. The summed E-state index contributed by atoms with van der Waals surface area (Å²) in [6, 6.07) is 7.44. The van der Waals surface area contributed by atoms with Crippen LogP contribution in [0.5, 0.6) is 0 Å². The van der Waals surface area contributed by atoms with Crippen molar-refractivity contribution >= 4 is 16.6 Å². The highest BCUT2D eigenvalue weighted by molar-refractivity contribution is 6.87. The quantitative estimate of drug-likeness (QED) is 0.541. The van der Waals surface area contributed by atoms with Crippen LogP contribution in [0.3, 0.4) is 0 Å². The molecular weight excluding hydrogens is 268 g/mol. The molecule has 3 nitrogen and oxygen atoms in total. The standard InChI is InChI=1S/C14H36N2OSi2/c1-5-18(6-2,13-9-11-15)17-19(7-3,8-4)14-10-12-16/h5-16H2,1-4H3.